The summed E-state index contributed by atoms with van der Waals surface area (Å²) in [7, 11) is 0. The number of nitrogens with zero attached hydrogens (tertiary/aromatic N) is 1. The van der Waals surface area contributed by atoms with Crippen LogP contribution in [0.1, 0.15) is 68.2 Å². The second kappa shape index (κ2) is 11.6. The third-order valence-corrected chi connectivity index (χ3v) is 16.7. The highest BCUT2D eigenvalue weighted by Gasteiger charge is 2.62. The number of hydrogen-bond donors (Lipinski definition) is 0. The van der Waals surface area contributed by atoms with Gasteiger partial charge in [0.15, 0.2) is 0 Å². The summed E-state index contributed by atoms with van der Waals surface area (Å²) in [5, 5.41) is 2.69. The van der Waals surface area contributed by atoms with Crippen molar-refractivity contribution in [3.8, 4) is 33.4 Å². The van der Waals surface area contributed by atoms with E-state index in [0.29, 0.717) is 0 Å². The van der Waals surface area contributed by atoms with E-state index >= 15 is 0 Å². The quantitative estimate of drug-likeness (QED) is 0.173. The van der Waals surface area contributed by atoms with Crippen LogP contribution >= 0.6 is 11.3 Å². The lowest BCUT2D eigenvalue weighted by Gasteiger charge is -2.61. The number of benzene rings is 7. The SMILES string of the molecule is CC1(C)c2ccccc2-c2ccc(N(c3ccc(-c4cccc5c4sc4ccccc45)cc3)c3cccc4c3-c3ccccc3C43C4CC5CC(C4)CC3C5)cc21. The van der Waals surface area contributed by atoms with Crippen molar-refractivity contribution in [3.05, 3.63) is 174 Å². The Labute approximate surface area is 339 Å². The molecule has 6 aliphatic carbocycles. The van der Waals surface area contributed by atoms with Gasteiger partial charge in [0.05, 0.1) is 5.69 Å². The summed E-state index contributed by atoms with van der Waals surface area (Å²) in [5.41, 5.74) is 18.0. The Hall–Kier alpha value is -5.44. The summed E-state index contributed by atoms with van der Waals surface area (Å²) in [4.78, 5) is 2.61. The third-order valence-electron chi connectivity index (χ3n) is 15.5. The minimum Gasteiger partial charge on any atom is -0.310 e. The maximum Gasteiger partial charge on any atom is 0.0543 e. The molecule has 1 aromatic heterocycles. The van der Waals surface area contributed by atoms with Gasteiger partial charge in [-0.25, -0.2) is 0 Å². The van der Waals surface area contributed by atoms with Gasteiger partial charge in [-0.2, -0.15) is 0 Å². The predicted octanol–water partition coefficient (Wildman–Crippen LogP) is 15.2. The largest absolute Gasteiger partial charge is 0.310 e. The zero-order valence-corrected chi connectivity index (χ0v) is 33.5. The highest BCUT2D eigenvalue weighted by atomic mass is 32.1. The van der Waals surface area contributed by atoms with Crippen LogP contribution < -0.4 is 4.90 Å². The summed E-state index contributed by atoms with van der Waals surface area (Å²) in [6.45, 7) is 4.81. The van der Waals surface area contributed by atoms with Crippen LogP contribution in [0.2, 0.25) is 0 Å². The van der Waals surface area contributed by atoms with E-state index in [1.807, 2.05) is 11.3 Å². The zero-order chi connectivity index (χ0) is 37.6. The Morgan fingerprint density at radius 1 is 0.491 bits per heavy atom. The molecule has 0 aliphatic heterocycles. The fourth-order valence-electron chi connectivity index (χ4n) is 13.4. The summed E-state index contributed by atoms with van der Waals surface area (Å²) in [6, 6.07) is 58.4. The maximum atomic E-state index is 2.61. The van der Waals surface area contributed by atoms with Crippen LogP contribution in [-0.2, 0) is 10.8 Å². The number of anilines is 3. The van der Waals surface area contributed by atoms with Gasteiger partial charge in [-0.1, -0.05) is 129 Å². The first kappa shape index (κ1) is 32.6. The van der Waals surface area contributed by atoms with E-state index in [0.717, 1.165) is 23.7 Å². The average Bonchev–Trinajstić information content (AvgIpc) is 3.85. The first-order valence-electron chi connectivity index (χ1n) is 21.3. The topological polar surface area (TPSA) is 3.24 Å². The Morgan fingerprint density at radius 3 is 1.91 bits per heavy atom. The second-order valence-electron chi connectivity index (χ2n) is 18.5. The van der Waals surface area contributed by atoms with Crippen LogP contribution in [-0.4, -0.2) is 0 Å². The molecule has 4 saturated carbocycles. The molecular formula is C55H45NS. The lowest BCUT2D eigenvalue weighted by molar-refractivity contribution is -0.0399. The van der Waals surface area contributed by atoms with Gasteiger partial charge < -0.3 is 4.90 Å². The van der Waals surface area contributed by atoms with E-state index < -0.39 is 0 Å². The van der Waals surface area contributed by atoms with E-state index in [9.17, 15) is 0 Å². The molecule has 8 aromatic rings. The molecule has 1 spiro atoms. The van der Waals surface area contributed by atoms with Crippen molar-refractivity contribution in [1.29, 1.82) is 0 Å². The molecule has 6 aliphatic rings. The van der Waals surface area contributed by atoms with E-state index in [1.165, 1.54) is 114 Å². The van der Waals surface area contributed by atoms with Gasteiger partial charge in [-0.15, -0.1) is 11.3 Å². The first-order valence-corrected chi connectivity index (χ1v) is 22.1. The molecule has 57 heavy (non-hydrogen) atoms. The molecular weight excluding hydrogens is 707 g/mol. The number of hydrogen-bond acceptors (Lipinski definition) is 2. The van der Waals surface area contributed by atoms with Gasteiger partial charge in [0.2, 0.25) is 0 Å². The zero-order valence-electron chi connectivity index (χ0n) is 32.6. The highest BCUT2D eigenvalue weighted by Crippen LogP contribution is 2.70. The van der Waals surface area contributed by atoms with Gasteiger partial charge >= 0.3 is 0 Å². The highest BCUT2D eigenvalue weighted by molar-refractivity contribution is 7.26. The fraction of sp³-hybridized carbons (Fsp3) is 0.236. The Balaban J connectivity index is 1.02. The van der Waals surface area contributed by atoms with E-state index in [1.54, 1.807) is 11.1 Å². The van der Waals surface area contributed by atoms with Crippen molar-refractivity contribution in [1.82, 2.24) is 0 Å². The van der Waals surface area contributed by atoms with Crippen molar-refractivity contribution in [3.63, 3.8) is 0 Å². The molecule has 7 aromatic carbocycles. The minimum absolute atomic E-state index is 0.0872. The predicted molar refractivity (Wildman–Crippen MR) is 240 cm³/mol. The number of thiophene rings is 1. The van der Waals surface area contributed by atoms with Crippen LogP contribution in [0, 0.1) is 23.7 Å². The lowest BCUT2D eigenvalue weighted by Crippen LogP contribution is -2.55. The molecule has 1 nitrogen and oxygen atoms in total. The molecule has 0 saturated heterocycles. The minimum atomic E-state index is -0.0872. The molecule has 0 atom stereocenters. The maximum absolute atomic E-state index is 2.61. The second-order valence-corrected chi connectivity index (χ2v) is 19.5. The summed E-state index contributed by atoms with van der Waals surface area (Å²) >= 11 is 1.91. The van der Waals surface area contributed by atoms with Crippen LogP contribution in [0.5, 0.6) is 0 Å². The molecule has 4 fully saturated rings. The average molecular weight is 752 g/mol. The summed E-state index contributed by atoms with van der Waals surface area (Å²) in [5.74, 6) is 3.31. The van der Waals surface area contributed by atoms with E-state index in [2.05, 4.69) is 170 Å². The lowest BCUT2D eigenvalue weighted by atomic mass is 9.43. The molecule has 0 amide bonds. The molecule has 2 heteroatoms. The van der Waals surface area contributed by atoms with Crippen LogP contribution in [0.15, 0.2) is 152 Å². The van der Waals surface area contributed by atoms with Crippen molar-refractivity contribution >= 4 is 48.6 Å². The van der Waals surface area contributed by atoms with E-state index in [4.69, 9.17) is 0 Å². The molecule has 1 heterocycles. The molecule has 4 bridgehead atoms. The van der Waals surface area contributed by atoms with Gasteiger partial charge in [-0.05, 0) is 142 Å². The Bertz CT molecular complexity index is 2930. The van der Waals surface area contributed by atoms with Crippen molar-refractivity contribution in [2.75, 3.05) is 4.90 Å². The molecule has 276 valence electrons. The van der Waals surface area contributed by atoms with Gasteiger partial charge in [0.25, 0.3) is 0 Å². The Kier molecular flexibility index (Phi) is 6.63. The van der Waals surface area contributed by atoms with Gasteiger partial charge in [0, 0.05) is 47.9 Å². The standard InChI is InChI=1S/C55H45NS/c1-54(2)46-16-6-3-11-41(46)42-26-25-39(32-49(42)54)56(38-23-21-35(22-24-38)40-14-9-15-44-43-12-5-8-20-51(43)57-53(40)44)50-19-10-18-48-52(50)45-13-4-7-17-47(45)55(48)36-28-33-27-34(30-36)31-37(55)29-33/h3-26,32-34,36-37H,27-31H2,1-2H3. The monoisotopic (exact) mass is 751 g/mol. The first-order chi connectivity index (χ1) is 28.0. The fourth-order valence-corrected chi connectivity index (χ4v) is 14.6. The Morgan fingerprint density at radius 2 is 1.11 bits per heavy atom. The third kappa shape index (κ3) is 4.30. The molecule has 14 rings (SSSR count). The van der Waals surface area contributed by atoms with Crippen LogP contribution in [0.25, 0.3) is 53.6 Å². The van der Waals surface area contributed by atoms with Crippen LogP contribution in [0.4, 0.5) is 17.1 Å². The van der Waals surface area contributed by atoms with Gasteiger partial charge in [0.1, 0.15) is 0 Å². The number of rotatable bonds is 4. The normalized spacial score (nSPS) is 24.2. The van der Waals surface area contributed by atoms with Crippen molar-refractivity contribution < 1.29 is 0 Å². The summed E-state index contributed by atoms with van der Waals surface area (Å²) < 4.78 is 2.71. The number of fused-ring (bicyclic) bond motifs is 9. The van der Waals surface area contributed by atoms with E-state index in [-0.39, 0.29) is 10.8 Å². The molecule has 0 unspecified atom stereocenters. The van der Waals surface area contributed by atoms with Crippen molar-refractivity contribution in [2.45, 2.75) is 56.8 Å². The van der Waals surface area contributed by atoms with Crippen LogP contribution in [0.3, 0.4) is 0 Å². The van der Waals surface area contributed by atoms with Crippen molar-refractivity contribution in [2.24, 2.45) is 23.7 Å². The molecule has 0 radical (unpaired) electrons. The van der Waals surface area contributed by atoms with Gasteiger partial charge in [-0.3, -0.25) is 0 Å². The summed E-state index contributed by atoms with van der Waals surface area (Å²) in [6.07, 6.45) is 7.04. The smallest absolute Gasteiger partial charge is 0.0543 e. The molecule has 0 N–H and O–H groups in total.